The molecule has 0 heterocycles. The van der Waals surface area contributed by atoms with E-state index in [4.69, 9.17) is 0 Å². The number of rotatable bonds is 1. The summed E-state index contributed by atoms with van der Waals surface area (Å²) >= 11 is 0. The molecule has 64 valence electrons. The minimum atomic E-state index is 0.257. The second-order valence-electron chi connectivity index (χ2n) is 2.48. The highest BCUT2D eigenvalue weighted by Crippen LogP contribution is 2.13. The maximum atomic E-state index is 9.44. The van der Waals surface area contributed by atoms with Crippen LogP contribution in [0.1, 0.15) is 13.8 Å². The maximum Gasteiger partial charge on any atom is 0.141 e. The number of aliphatic imine (C=N–C) groups is 1. The second kappa shape index (κ2) is 3.90. The molecule has 2 nitrogen and oxygen atoms in total. The van der Waals surface area contributed by atoms with E-state index < -0.39 is 0 Å². The fourth-order valence-corrected chi connectivity index (χ4v) is 1.11. The Hall–Kier alpha value is -1.31. The average Bonchev–Trinajstić information content (AvgIpc) is 2.09. The Morgan fingerprint density at radius 2 is 2.33 bits per heavy atom. The SMILES string of the molecule is C/C=C1/C=CC=C(O)C1=NCC. The smallest absolute Gasteiger partial charge is 0.141 e. The van der Waals surface area contributed by atoms with Gasteiger partial charge in [0.15, 0.2) is 0 Å². The lowest BCUT2D eigenvalue weighted by Crippen LogP contribution is -2.08. The van der Waals surface area contributed by atoms with Crippen molar-refractivity contribution in [1.29, 1.82) is 0 Å². The lowest BCUT2D eigenvalue weighted by molar-refractivity contribution is 0.443. The van der Waals surface area contributed by atoms with Gasteiger partial charge < -0.3 is 5.11 Å². The van der Waals surface area contributed by atoms with Gasteiger partial charge in [0.1, 0.15) is 11.5 Å². The van der Waals surface area contributed by atoms with Crippen LogP contribution in [-0.2, 0) is 0 Å². The molecule has 0 unspecified atom stereocenters. The van der Waals surface area contributed by atoms with Gasteiger partial charge in [-0.2, -0.15) is 0 Å². The molecular formula is C10H13NO. The lowest BCUT2D eigenvalue weighted by atomic mass is 10.0. The van der Waals surface area contributed by atoms with Gasteiger partial charge in [0, 0.05) is 6.54 Å². The van der Waals surface area contributed by atoms with E-state index >= 15 is 0 Å². The molecule has 2 heteroatoms. The van der Waals surface area contributed by atoms with Crippen molar-refractivity contribution in [3.05, 3.63) is 35.6 Å². The van der Waals surface area contributed by atoms with Crippen LogP contribution >= 0.6 is 0 Å². The number of hydrogen-bond donors (Lipinski definition) is 1. The Bertz CT molecular complexity index is 282. The molecule has 1 aliphatic rings. The number of nitrogens with zero attached hydrogens (tertiary/aromatic N) is 1. The summed E-state index contributed by atoms with van der Waals surface area (Å²) in [5.41, 5.74) is 1.68. The van der Waals surface area contributed by atoms with Crippen LogP contribution in [0, 0.1) is 0 Å². The summed E-state index contributed by atoms with van der Waals surface area (Å²) in [6, 6.07) is 0. The van der Waals surface area contributed by atoms with E-state index in [9.17, 15) is 5.11 Å². The number of aliphatic hydroxyl groups is 1. The maximum absolute atomic E-state index is 9.44. The molecule has 0 bridgehead atoms. The van der Waals surface area contributed by atoms with Crippen LogP contribution in [0.5, 0.6) is 0 Å². The van der Waals surface area contributed by atoms with Crippen molar-refractivity contribution in [3.8, 4) is 0 Å². The molecule has 0 atom stereocenters. The van der Waals surface area contributed by atoms with E-state index in [0.29, 0.717) is 12.3 Å². The molecule has 0 radical (unpaired) electrons. The first-order valence-electron chi connectivity index (χ1n) is 4.08. The molecule has 0 amide bonds. The quantitative estimate of drug-likeness (QED) is 0.632. The van der Waals surface area contributed by atoms with E-state index in [0.717, 1.165) is 5.57 Å². The molecule has 0 aromatic heterocycles. The monoisotopic (exact) mass is 163 g/mol. The van der Waals surface area contributed by atoms with Gasteiger partial charge in [0.2, 0.25) is 0 Å². The highest BCUT2D eigenvalue weighted by atomic mass is 16.3. The first-order chi connectivity index (χ1) is 5.79. The van der Waals surface area contributed by atoms with Crippen molar-refractivity contribution < 1.29 is 5.11 Å². The fourth-order valence-electron chi connectivity index (χ4n) is 1.11. The standard InChI is InChI=1S/C10H13NO/c1-3-8-6-5-7-9(12)10(8)11-4-2/h3,5-7,12H,4H2,1-2H3/b8-3-,11-10?. The zero-order valence-corrected chi connectivity index (χ0v) is 7.41. The third kappa shape index (κ3) is 1.64. The van der Waals surface area contributed by atoms with Crippen molar-refractivity contribution in [2.24, 2.45) is 4.99 Å². The van der Waals surface area contributed by atoms with E-state index in [1.54, 1.807) is 6.08 Å². The molecule has 0 fully saturated rings. The van der Waals surface area contributed by atoms with Crippen LogP contribution in [0.15, 0.2) is 40.6 Å². The number of hydrogen-bond acceptors (Lipinski definition) is 2. The topological polar surface area (TPSA) is 32.6 Å². The molecule has 1 aliphatic carbocycles. The molecule has 0 saturated carbocycles. The van der Waals surface area contributed by atoms with Crippen LogP contribution in [0.4, 0.5) is 0 Å². The Kier molecular flexibility index (Phi) is 2.86. The number of allylic oxidation sites excluding steroid dienone is 5. The van der Waals surface area contributed by atoms with E-state index in [1.807, 2.05) is 32.1 Å². The first-order valence-corrected chi connectivity index (χ1v) is 4.08. The zero-order valence-electron chi connectivity index (χ0n) is 7.41. The summed E-state index contributed by atoms with van der Waals surface area (Å²) in [5.74, 6) is 0.257. The first kappa shape index (κ1) is 8.78. The van der Waals surface area contributed by atoms with Gasteiger partial charge in [0.25, 0.3) is 0 Å². The highest BCUT2D eigenvalue weighted by molar-refractivity contribution is 6.13. The van der Waals surface area contributed by atoms with Crippen molar-refractivity contribution >= 4 is 5.71 Å². The van der Waals surface area contributed by atoms with Crippen LogP contribution in [0.25, 0.3) is 0 Å². The Balaban J connectivity index is 3.03. The van der Waals surface area contributed by atoms with Crippen molar-refractivity contribution in [2.45, 2.75) is 13.8 Å². The summed E-state index contributed by atoms with van der Waals surface area (Å²) < 4.78 is 0. The molecule has 12 heavy (non-hydrogen) atoms. The van der Waals surface area contributed by atoms with Crippen molar-refractivity contribution in [1.82, 2.24) is 0 Å². The summed E-state index contributed by atoms with van der Waals surface area (Å²) in [4.78, 5) is 4.20. The molecule has 0 aromatic carbocycles. The molecule has 0 aliphatic heterocycles. The van der Waals surface area contributed by atoms with Gasteiger partial charge in [-0.15, -0.1) is 0 Å². The highest BCUT2D eigenvalue weighted by Gasteiger charge is 2.10. The average molecular weight is 163 g/mol. The fraction of sp³-hybridized carbons (Fsp3) is 0.300. The van der Waals surface area contributed by atoms with Crippen LogP contribution in [0.3, 0.4) is 0 Å². The van der Waals surface area contributed by atoms with Crippen LogP contribution in [-0.4, -0.2) is 17.4 Å². The predicted octanol–water partition coefficient (Wildman–Crippen LogP) is 2.41. The summed E-state index contributed by atoms with van der Waals surface area (Å²) in [5, 5.41) is 9.44. The third-order valence-electron chi connectivity index (χ3n) is 1.67. The van der Waals surface area contributed by atoms with Crippen LogP contribution in [0.2, 0.25) is 0 Å². The predicted molar refractivity (Wildman–Crippen MR) is 51.6 cm³/mol. The van der Waals surface area contributed by atoms with E-state index in [2.05, 4.69) is 4.99 Å². The molecule has 1 N–H and O–H groups in total. The molecule has 0 saturated heterocycles. The molecular weight excluding hydrogens is 150 g/mol. The number of aliphatic hydroxyl groups excluding tert-OH is 1. The second-order valence-corrected chi connectivity index (χ2v) is 2.48. The Labute approximate surface area is 72.6 Å². The minimum absolute atomic E-state index is 0.257. The largest absolute Gasteiger partial charge is 0.506 e. The zero-order chi connectivity index (χ0) is 8.97. The van der Waals surface area contributed by atoms with Gasteiger partial charge in [-0.1, -0.05) is 18.2 Å². The summed E-state index contributed by atoms with van der Waals surface area (Å²) in [6.07, 6.45) is 7.35. The minimum Gasteiger partial charge on any atom is -0.506 e. The Morgan fingerprint density at radius 3 is 2.92 bits per heavy atom. The van der Waals surface area contributed by atoms with Gasteiger partial charge in [-0.25, -0.2) is 0 Å². The molecule has 0 spiro atoms. The van der Waals surface area contributed by atoms with Gasteiger partial charge in [-0.05, 0) is 25.5 Å². The van der Waals surface area contributed by atoms with E-state index in [-0.39, 0.29) is 5.76 Å². The normalized spacial score (nSPS) is 23.3. The summed E-state index contributed by atoms with van der Waals surface area (Å²) in [6.45, 7) is 4.58. The van der Waals surface area contributed by atoms with Gasteiger partial charge >= 0.3 is 0 Å². The van der Waals surface area contributed by atoms with Gasteiger partial charge in [0.05, 0.1) is 0 Å². The molecule has 0 aromatic rings. The van der Waals surface area contributed by atoms with Crippen molar-refractivity contribution in [2.75, 3.05) is 6.54 Å². The third-order valence-corrected chi connectivity index (χ3v) is 1.67. The van der Waals surface area contributed by atoms with Gasteiger partial charge in [-0.3, -0.25) is 4.99 Å². The van der Waals surface area contributed by atoms with Crippen molar-refractivity contribution in [3.63, 3.8) is 0 Å². The molecule has 1 rings (SSSR count). The lowest BCUT2D eigenvalue weighted by Gasteiger charge is -2.09. The van der Waals surface area contributed by atoms with Crippen LogP contribution < -0.4 is 0 Å². The Morgan fingerprint density at radius 1 is 1.58 bits per heavy atom. The van der Waals surface area contributed by atoms with E-state index in [1.165, 1.54) is 0 Å². The summed E-state index contributed by atoms with van der Waals surface area (Å²) in [7, 11) is 0.